The van der Waals surface area contributed by atoms with Gasteiger partial charge in [-0.25, -0.2) is 13.7 Å². The first kappa shape index (κ1) is 16.4. The van der Waals surface area contributed by atoms with E-state index in [2.05, 4.69) is 25.1 Å². The van der Waals surface area contributed by atoms with Crippen LogP contribution < -0.4 is 10.0 Å². The van der Waals surface area contributed by atoms with Crippen molar-refractivity contribution in [3.63, 3.8) is 0 Å². The number of fused-ring (bicyclic) bond motifs is 1. The molecule has 1 unspecified atom stereocenters. The quantitative estimate of drug-likeness (QED) is 0.682. The first-order valence-electron chi connectivity index (χ1n) is 8.98. The molecule has 2 aliphatic carbocycles. The van der Waals surface area contributed by atoms with E-state index >= 15 is 0 Å². The van der Waals surface area contributed by atoms with Crippen LogP contribution in [0.2, 0.25) is 0 Å². The average molecular weight is 382 g/mol. The van der Waals surface area contributed by atoms with E-state index in [-0.39, 0.29) is 17.1 Å². The predicted octanol–water partition coefficient (Wildman–Crippen LogP) is 2.38. The fourth-order valence-electron chi connectivity index (χ4n) is 2.81. The Labute approximate surface area is 158 Å². The number of carbonyl (C=O) groups excluding carboxylic acids is 1. The zero-order valence-corrected chi connectivity index (χ0v) is 15.3. The standard InChI is InChI=1S/C18H18N6O2S/c25-17(11-4-5-11)21-18-20-16-3-1-2-14(24(16)22-18)12-6-9-15(19-10-12)23-27(26)13-7-8-13/h1-3,6,9-11,13H,4-5,7-8H2,(H,19,23)(H,21,22,25). The number of nitrogens with zero attached hydrogens (tertiary/aromatic N) is 4. The van der Waals surface area contributed by atoms with Crippen molar-refractivity contribution in [1.29, 1.82) is 0 Å². The summed E-state index contributed by atoms with van der Waals surface area (Å²) in [6.45, 7) is 0. The summed E-state index contributed by atoms with van der Waals surface area (Å²) in [5, 5.41) is 7.45. The molecule has 0 radical (unpaired) electrons. The van der Waals surface area contributed by atoms with Crippen LogP contribution >= 0.6 is 0 Å². The van der Waals surface area contributed by atoms with E-state index in [1.165, 1.54) is 0 Å². The Bertz CT molecular complexity index is 1040. The molecule has 0 aliphatic heterocycles. The Balaban J connectivity index is 1.40. The van der Waals surface area contributed by atoms with Crippen LogP contribution in [0.4, 0.5) is 11.8 Å². The highest BCUT2D eigenvalue weighted by atomic mass is 32.2. The molecule has 8 nitrogen and oxygen atoms in total. The molecule has 2 saturated carbocycles. The molecule has 1 amide bonds. The average Bonchev–Trinajstić information content (AvgIpc) is 3.57. The molecular formula is C18H18N6O2S. The minimum absolute atomic E-state index is 0.0202. The van der Waals surface area contributed by atoms with Gasteiger partial charge in [-0.2, -0.15) is 4.98 Å². The maximum Gasteiger partial charge on any atom is 0.249 e. The minimum atomic E-state index is -1.07. The first-order valence-corrected chi connectivity index (χ1v) is 10.2. The van der Waals surface area contributed by atoms with Gasteiger partial charge in [0, 0.05) is 17.7 Å². The van der Waals surface area contributed by atoms with E-state index in [1.807, 2.05) is 24.3 Å². The second-order valence-electron chi connectivity index (χ2n) is 6.91. The summed E-state index contributed by atoms with van der Waals surface area (Å²) in [6.07, 6.45) is 5.59. The molecule has 0 bridgehead atoms. The predicted molar refractivity (Wildman–Crippen MR) is 102 cm³/mol. The zero-order valence-electron chi connectivity index (χ0n) is 14.5. The fraction of sp³-hybridized carbons (Fsp3) is 0.333. The second-order valence-corrected chi connectivity index (χ2v) is 8.38. The third-order valence-electron chi connectivity index (χ3n) is 4.63. The van der Waals surface area contributed by atoms with Gasteiger partial charge >= 0.3 is 0 Å². The maximum absolute atomic E-state index is 12.0. The number of hydrogen-bond donors (Lipinski definition) is 2. The SMILES string of the molecule is O=C(Nc1nc2cccc(-c3ccc(NS(=O)C4CC4)nc3)n2n1)C1CC1. The number of pyridine rings is 2. The number of hydrogen-bond acceptors (Lipinski definition) is 5. The molecule has 138 valence electrons. The number of rotatable bonds is 6. The molecule has 2 aliphatic rings. The van der Waals surface area contributed by atoms with E-state index in [0.717, 1.165) is 36.9 Å². The van der Waals surface area contributed by atoms with Gasteiger partial charge in [0.15, 0.2) is 5.65 Å². The molecule has 5 rings (SSSR count). The monoisotopic (exact) mass is 382 g/mol. The topological polar surface area (TPSA) is 101 Å². The lowest BCUT2D eigenvalue weighted by molar-refractivity contribution is -0.117. The van der Waals surface area contributed by atoms with E-state index in [0.29, 0.717) is 17.4 Å². The van der Waals surface area contributed by atoms with Crippen LogP contribution in [0.1, 0.15) is 25.7 Å². The maximum atomic E-state index is 12.0. The van der Waals surface area contributed by atoms with Crippen molar-refractivity contribution in [2.24, 2.45) is 5.92 Å². The normalized spacial score (nSPS) is 17.6. The van der Waals surface area contributed by atoms with Crippen LogP contribution in [-0.2, 0) is 15.8 Å². The summed E-state index contributed by atoms with van der Waals surface area (Å²) in [7, 11) is -1.07. The summed E-state index contributed by atoms with van der Waals surface area (Å²) in [5.41, 5.74) is 2.32. The van der Waals surface area contributed by atoms with Gasteiger partial charge in [-0.15, -0.1) is 5.10 Å². The third kappa shape index (κ3) is 3.42. The summed E-state index contributed by atoms with van der Waals surface area (Å²) < 4.78 is 16.6. The number of aromatic nitrogens is 4. The van der Waals surface area contributed by atoms with E-state index in [4.69, 9.17) is 0 Å². The van der Waals surface area contributed by atoms with Gasteiger partial charge in [-0.05, 0) is 49.9 Å². The number of carbonyl (C=O) groups is 1. The molecule has 27 heavy (non-hydrogen) atoms. The summed E-state index contributed by atoms with van der Waals surface area (Å²) in [5.74, 6) is 0.979. The Kier molecular flexibility index (Phi) is 3.89. The molecule has 2 fully saturated rings. The van der Waals surface area contributed by atoms with Crippen LogP contribution in [0.5, 0.6) is 0 Å². The summed E-state index contributed by atoms with van der Waals surface area (Å²) in [4.78, 5) is 20.7. The van der Waals surface area contributed by atoms with Crippen LogP contribution in [0.25, 0.3) is 16.9 Å². The van der Waals surface area contributed by atoms with Gasteiger partial charge in [0.25, 0.3) is 0 Å². The van der Waals surface area contributed by atoms with Crippen molar-refractivity contribution in [2.45, 2.75) is 30.9 Å². The van der Waals surface area contributed by atoms with Gasteiger partial charge in [-0.3, -0.25) is 14.8 Å². The van der Waals surface area contributed by atoms with E-state index in [9.17, 15) is 9.00 Å². The van der Waals surface area contributed by atoms with Crippen molar-refractivity contribution in [2.75, 3.05) is 10.0 Å². The molecule has 9 heteroatoms. The molecule has 0 spiro atoms. The molecule has 2 N–H and O–H groups in total. The van der Waals surface area contributed by atoms with Gasteiger partial charge in [-0.1, -0.05) is 6.07 Å². The van der Waals surface area contributed by atoms with E-state index in [1.54, 1.807) is 16.8 Å². The molecule has 3 aromatic heterocycles. The van der Waals surface area contributed by atoms with Crippen molar-refractivity contribution < 1.29 is 9.00 Å². The lowest BCUT2D eigenvalue weighted by Gasteiger charge is -2.07. The molecular weight excluding hydrogens is 364 g/mol. The molecule has 3 heterocycles. The van der Waals surface area contributed by atoms with Crippen molar-refractivity contribution in [3.8, 4) is 11.3 Å². The largest absolute Gasteiger partial charge is 0.293 e. The van der Waals surface area contributed by atoms with Gasteiger partial charge < -0.3 is 0 Å². The molecule has 0 aromatic carbocycles. The van der Waals surface area contributed by atoms with Crippen molar-refractivity contribution >= 4 is 34.3 Å². The lowest BCUT2D eigenvalue weighted by Crippen LogP contribution is -2.14. The molecule has 1 atom stereocenters. The first-order chi connectivity index (χ1) is 13.2. The number of amides is 1. The highest BCUT2D eigenvalue weighted by Gasteiger charge is 2.30. The summed E-state index contributed by atoms with van der Waals surface area (Å²) >= 11 is 0. The highest BCUT2D eigenvalue weighted by molar-refractivity contribution is 7.87. The molecule has 3 aromatic rings. The Morgan fingerprint density at radius 3 is 2.70 bits per heavy atom. The Morgan fingerprint density at radius 2 is 2.00 bits per heavy atom. The van der Waals surface area contributed by atoms with Crippen molar-refractivity contribution in [3.05, 3.63) is 36.5 Å². The van der Waals surface area contributed by atoms with Gasteiger partial charge in [0.05, 0.1) is 10.9 Å². The third-order valence-corrected chi connectivity index (χ3v) is 6.12. The minimum Gasteiger partial charge on any atom is -0.293 e. The van der Waals surface area contributed by atoms with Crippen molar-refractivity contribution in [1.82, 2.24) is 19.6 Å². The van der Waals surface area contributed by atoms with Crippen LogP contribution in [0.3, 0.4) is 0 Å². The fourth-order valence-corrected chi connectivity index (χ4v) is 3.87. The second kappa shape index (κ2) is 6.41. The van der Waals surface area contributed by atoms with Gasteiger partial charge in [0.2, 0.25) is 11.9 Å². The summed E-state index contributed by atoms with van der Waals surface area (Å²) in [6, 6.07) is 9.35. The number of nitrogens with one attached hydrogen (secondary N) is 2. The van der Waals surface area contributed by atoms with Crippen LogP contribution in [-0.4, -0.2) is 34.9 Å². The lowest BCUT2D eigenvalue weighted by atomic mass is 10.2. The van der Waals surface area contributed by atoms with Crippen LogP contribution in [0.15, 0.2) is 36.5 Å². The Morgan fingerprint density at radius 1 is 1.15 bits per heavy atom. The van der Waals surface area contributed by atoms with Crippen LogP contribution in [0, 0.1) is 5.92 Å². The highest BCUT2D eigenvalue weighted by Crippen LogP contribution is 2.30. The number of anilines is 2. The zero-order chi connectivity index (χ0) is 18.4. The Hall–Kier alpha value is -2.81. The molecule has 0 saturated heterocycles. The smallest absolute Gasteiger partial charge is 0.249 e. The van der Waals surface area contributed by atoms with E-state index < -0.39 is 11.0 Å². The van der Waals surface area contributed by atoms with Gasteiger partial charge in [0.1, 0.15) is 16.8 Å².